The molecule has 0 fully saturated rings. The van der Waals surface area contributed by atoms with Crippen LogP contribution in [0.5, 0.6) is 0 Å². The number of nitrogens with two attached hydrogens (primary N) is 1. The number of nitrogens with one attached hydrogen (secondary N) is 1. The molecule has 0 radical (unpaired) electrons. The molecule has 0 unspecified atom stereocenters. The van der Waals surface area contributed by atoms with Crippen LogP contribution in [-0.2, 0) is 9.59 Å². The molecule has 3 N–H and O–H groups in total. The largest absolute Gasteiger partial charge is 0.364 e. The van der Waals surface area contributed by atoms with Crippen molar-refractivity contribution in [3.8, 4) is 0 Å². The fourth-order valence-electron chi connectivity index (χ4n) is 1.26. The van der Waals surface area contributed by atoms with Crippen molar-refractivity contribution < 1.29 is 9.59 Å². The lowest BCUT2D eigenvalue weighted by molar-refractivity contribution is -0.121. The van der Waals surface area contributed by atoms with Crippen molar-refractivity contribution in [2.75, 3.05) is 0 Å². The number of aryl methyl sites for hydroxylation is 1. The summed E-state index contributed by atoms with van der Waals surface area (Å²) in [6.45, 7) is 3.24. The molecule has 4 heteroatoms. The molecule has 2 amide bonds. The summed E-state index contributed by atoms with van der Waals surface area (Å²) in [7, 11) is 0. The van der Waals surface area contributed by atoms with Crippen LogP contribution in [0.4, 0.5) is 0 Å². The van der Waals surface area contributed by atoms with Gasteiger partial charge in [-0.3, -0.25) is 9.59 Å². The Kier molecular flexibility index (Phi) is 3.83. The van der Waals surface area contributed by atoms with Gasteiger partial charge in [0.15, 0.2) is 0 Å². The van der Waals surface area contributed by atoms with E-state index in [1.54, 1.807) is 6.08 Å². The van der Waals surface area contributed by atoms with Crippen LogP contribution in [0.2, 0.25) is 0 Å². The maximum absolute atomic E-state index is 11.1. The van der Waals surface area contributed by atoms with Gasteiger partial charge in [-0.1, -0.05) is 24.3 Å². The van der Waals surface area contributed by atoms with E-state index in [4.69, 9.17) is 5.73 Å². The molecule has 0 spiro atoms. The summed E-state index contributed by atoms with van der Waals surface area (Å²) in [5.41, 5.74) is 7.12. The molecule has 84 valence electrons. The first-order valence-corrected chi connectivity index (χ1v) is 4.85. The van der Waals surface area contributed by atoms with Gasteiger partial charge in [0.2, 0.25) is 5.91 Å². The summed E-state index contributed by atoms with van der Waals surface area (Å²) in [6, 6.07) is 7.51. The molecule has 1 aromatic carbocycles. The maximum atomic E-state index is 11.1. The number of carbonyl (C=O) groups excluding carboxylic acids is 2. The fourth-order valence-corrected chi connectivity index (χ4v) is 1.26. The highest BCUT2D eigenvalue weighted by molar-refractivity contribution is 6.00. The quantitative estimate of drug-likeness (QED) is 0.741. The molecular weight excluding hydrogens is 204 g/mol. The zero-order chi connectivity index (χ0) is 12.1. The summed E-state index contributed by atoms with van der Waals surface area (Å²) in [5, 5.41) is 2.40. The fraction of sp³-hybridized carbons (Fsp3) is 0.167. The summed E-state index contributed by atoms with van der Waals surface area (Å²) < 4.78 is 0. The van der Waals surface area contributed by atoms with Gasteiger partial charge in [-0.15, -0.1) is 0 Å². The lowest BCUT2D eigenvalue weighted by Crippen LogP contribution is -2.29. The second-order valence-corrected chi connectivity index (χ2v) is 3.46. The van der Waals surface area contributed by atoms with Crippen molar-refractivity contribution in [2.45, 2.75) is 13.8 Å². The van der Waals surface area contributed by atoms with Crippen LogP contribution < -0.4 is 11.1 Å². The summed E-state index contributed by atoms with van der Waals surface area (Å²) in [6.07, 6.45) is 1.57. The molecule has 0 bridgehead atoms. The van der Waals surface area contributed by atoms with Crippen molar-refractivity contribution >= 4 is 17.9 Å². The van der Waals surface area contributed by atoms with Crippen LogP contribution in [0.15, 0.2) is 30.0 Å². The first-order valence-electron chi connectivity index (χ1n) is 4.85. The highest BCUT2D eigenvalue weighted by Gasteiger charge is 2.07. The molecule has 16 heavy (non-hydrogen) atoms. The van der Waals surface area contributed by atoms with Gasteiger partial charge >= 0.3 is 0 Å². The minimum absolute atomic E-state index is 0.0989. The Morgan fingerprint density at radius 2 is 1.94 bits per heavy atom. The van der Waals surface area contributed by atoms with Gasteiger partial charge in [-0.25, -0.2) is 0 Å². The molecule has 1 aromatic rings. The van der Waals surface area contributed by atoms with Gasteiger partial charge in [0.05, 0.1) is 0 Å². The van der Waals surface area contributed by atoms with Crippen molar-refractivity contribution in [3.05, 3.63) is 41.1 Å². The van der Waals surface area contributed by atoms with Crippen LogP contribution in [0.3, 0.4) is 0 Å². The Bertz CT molecular complexity index is 450. The average Bonchev–Trinajstić information content (AvgIpc) is 2.19. The van der Waals surface area contributed by atoms with E-state index in [0.29, 0.717) is 0 Å². The number of primary amides is 1. The van der Waals surface area contributed by atoms with E-state index in [1.165, 1.54) is 6.92 Å². The smallest absolute Gasteiger partial charge is 0.265 e. The van der Waals surface area contributed by atoms with Crippen LogP contribution >= 0.6 is 0 Å². The van der Waals surface area contributed by atoms with Crippen molar-refractivity contribution in [1.29, 1.82) is 0 Å². The van der Waals surface area contributed by atoms with Crippen molar-refractivity contribution in [1.82, 2.24) is 5.32 Å². The zero-order valence-electron chi connectivity index (χ0n) is 9.28. The van der Waals surface area contributed by atoms with E-state index < -0.39 is 5.91 Å². The molecule has 0 aliphatic carbocycles. The Balaban J connectivity index is 3.07. The second kappa shape index (κ2) is 5.11. The molecule has 4 nitrogen and oxygen atoms in total. The van der Waals surface area contributed by atoms with Gasteiger partial charge in [0, 0.05) is 6.92 Å². The van der Waals surface area contributed by atoms with Crippen LogP contribution in [0.1, 0.15) is 18.1 Å². The third-order valence-corrected chi connectivity index (χ3v) is 2.06. The molecule has 0 aromatic heterocycles. The second-order valence-electron chi connectivity index (χ2n) is 3.46. The predicted molar refractivity (Wildman–Crippen MR) is 62.2 cm³/mol. The summed E-state index contributed by atoms with van der Waals surface area (Å²) in [4.78, 5) is 22.0. The van der Waals surface area contributed by atoms with Gasteiger partial charge in [-0.2, -0.15) is 0 Å². The monoisotopic (exact) mass is 218 g/mol. The molecule has 1 rings (SSSR count). The summed E-state index contributed by atoms with van der Waals surface area (Å²) in [5.74, 6) is -0.975. The number of hydrogen-bond acceptors (Lipinski definition) is 2. The van der Waals surface area contributed by atoms with E-state index in [0.717, 1.165) is 11.1 Å². The van der Waals surface area contributed by atoms with Crippen LogP contribution in [0.25, 0.3) is 6.08 Å². The Hall–Kier alpha value is -2.10. The molecule has 0 heterocycles. The Labute approximate surface area is 94.1 Å². The highest BCUT2D eigenvalue weighted by Crippen LogP contribution is 2.10. The van der Waals surface area contributed by atoms with E-state index in [1.807, 2.05) is 31.2 Å². The topological polar surface area (TPSA) is 72.2 Å². The van der Waals surface area contributed by atoms with E-state index >= 15 is 0 Å². The number of amides is 2. The van der Waals surface area contributed by atoms with Gasteiger partial charge in [0.1, 0.15) is 5.70 Å². The Morgan fingerprint density at radius 1 is 1.31 bits per heavy atom. The molecular formula is C12H14N2O2. The Morgan fingerprint density at radius 3 is 2.44 bits per heavy atom. The maximum Gasteiger partial charge on any atom is 0.265 e. The van der Waals surface area contributed by atoms with E-state index in [2.05, 4.69) is 5.32 Å². The van der Waals surface area contributed by atoms with Gasteiger partial charge < -0.3 is 11.1 Å². The minimum Gasteiger partial charge on any atom is -0.364 e. The molecule has 0 aliphatic rings. The predicted octanol–water partition coefficient (Wildman–Crippen LogP) is 0.957. The van der Waals surface area contributed by atoms with Crippen LogP contribution in [0, 0.1) is 6.92 Å². The van der Waals surface area contributed by atoms with Gasteiger partial charge in [-0.05, 0) is 24.1 Å². The first-order chi connectivity index (χ1) is 7.50. The standard InChI is InChI=1S/C12H14N2O2/c1-8-5-3-4-6-10(8)7-11(12(13)16)14-9(2)15/h3-7H,1-2H3,(H2,13,16)(H,14,15)/b11-7+. The normalized spacial score (nSPS) is 11.0. The highest BCUT2D eigenvalue weighted by atomic mass is 16.2. The SMILES string of the molecule is CC(=O)N/C(=C/c1ccccc1C)C(N)=O. The molecule has 0 aliphatic heterocycles. The third kappa shape index (κ3) is 3.24. The third-order valence-electron chi connectivity index (χ3n) is 2.06. The zero-order valence-corrected chi connectivity index (χ0v) is 9.28. The van der Waals surface area contributed by atoms with Gasteiger partial charge in [0.25, 0.3) is 5.91 Å². The number of hydrogen-bond donors (Lipinski definition) is 2. The van der Waals surface area contributed by atoms with Crippen molar-refractivity contribution in [2.24, 2.45) is 5.73 Å². The number of carbonyl (C=O) groups is 2. The lowest BCUT2D eigenvalue weighted by Gasteiger charge is -2.05. The molecule has 0 saturated heterocycles. The van der Waals surface area contributed by atoms with Crippen LogP contribution in [-0.4, -0.2) is 11.8 Å². The molecule has 0 atom stereocenters. The lowest BCUT2D eigenvalue weighted by atomic mass is 10.1. The molecule has 0 saturated carbocycles. The summed E-state index contributed by atoms with van der Waals surface area (Å²) >= 11 is 0. The van der Waals surface area contributed by atoms with E-state index in [-0.39, 0.29) is 11.6 Å². The number of rotatable bonds is 3. The minimum atomic E-state index is -0.654. The van der Waals surface area contributed by atoms with E-state index in [9.17, 15) is 9.59 Å². The first kappa shape index (κ1) is 12.0. The number of benzene rings is 1. The van der Waals surface area contributed by atoms with Crippen molar-refractivity contribution in [3.63, 3.8) is 0 Å². The average molecular weight is 218 g/mol.